The molecule has 4 nitrogen and oxygen atoms in total. The van der Waals surface area contributed by atoms with Crippen LogP contribution < -0.4 is 11.1 Å². The number of nitrogens with zero attached hydrogens (tertiary/aromatic N) is 1. The second-order valence-electron chi connectivity index (χ2n) is 4.33. The van der Waals surface area contributed by atoms with E-state index in [-0.39, 0.29) is 11.9 Å². The first kappa shape index (κ1) is 13.2. The van der Waals surface area contributed by atoms with Crippen LogP contribution in [0.15, 0.2) is 12.7 Å². The normalized spacial score (nSPS) is 23.8. The van der Waals surface area contributed by atoms with Gasteiger partial charge >= 0.3 is 0 Å². The van der Waals surface area contributed by atoms with Crippen LogP contribution in [0.2, 0.25) is 0 Å². The minimum absolute atomic E-state index is 0.0697. The lowest BCUT2D eigenvalue weighted by Crippen LogP contribution is -2.53. The molecule has 0 spiro atoms. The molecule has 1 fully saturated rings. The third-order valence-electron chi connectivity index (χ3n) is 3.24. The highest BCUT2D eigenvalue weighted by molar-refractivity contribution is 5.81. The number of rotatable bonds is 5. The van der Waals surface area contributed by atoms with Crippen molar-refractivity contribution in [1.82, 2.24) is 10.2 Å². The summed E-state index contributed by atoms with van der Waals surface area (Å²) >= 11 is 0. The van der Waals surface area contributed by atoms with Crippen molar-refractivity contribution < 1.29 is 4.79 Å². The highest BCUT2D eigenvalue weighted by Crippen LogP contribution is 2.18. The molecule has 1 aliphatic rings. The Morgan fingerprint density at radius 2 is 2.44 bits per heavy atom. The maximum atomic E-state index is 11.8. The van der Waals surface area contributed by atoms with Gasteiger partial charge in [-0.25, -0.2) is 0 Å². The quantitative estimate of drug-likeness (QED) is 0.670. The third-order valence-corrected chi connectivity index (χ3v) is 3.24. The molecule has 0 radical (unpaired) electrons. The number of nitrogens with two attached hydrogens (primary N) is 1. The van der Waals surface area contributed by atoms with Gasteiger partial charge in [0.05, 0.1) is 6.04 Å². The lowest BCUT2D eigenvalue weighted by Gasteiger charge is -2.38. The van der Waals surface area contributed by atoms with Crippen LogP contribution in [0.3, 0.4) is 0 Å². The number of nitrogens with one attached hydrogen (secondary N) is 1. The summed E-state index contributed by atoms with van der Waals surface area (Å²) in [5.74, 6) is 0.0697. The predicted octanol–water partition coefficient (Wildman–Crippen LogP) is 0.490. The van der Waals surface area contributed by atoms with E-state index in [9.17, 15) is 4.79 Å². The molecule has 92 valence electrons. The topological polar surface area (TPSA) is 58.4 Å². The molecule has 0 aromatic rings. The van der Waals surface area contributed by atoms with Gasteiger partial charge in [-0.3, -0.25) is 9.69 Å². The molecule has 1 amide bonds. The second-order valence-corrected chi connectivity index (χ2v) is 4.33. The molecule has 0 bridgehead atoms. The van der Waals surface area contributed by atoms with E-state index >= 15 is 0 Å². The van der Waals surface area contributed by atoms with Gasteiger partial charge in [-0.05, 0) is 26.3 Å². The summed E-state index contributed by atoms with van der Waals surface area (Å²) in [4.78, 5) is 14.0. The van der Waals surface area contributed by atoms with E-state index in [1.165, 1.54) is 6.42 Å². The summed E-state index contributed by atoms with van der Waals surface area (Å²) in [6, 6.07) is 0.270. The van der Waals surface area contributed by atoms with Crippen molar-refractivity contribution in [2.45, 2.75) is 38.3 Å². The number of carbonyl (C=O) groups is 1. The number of piperidine rings is 1. The minimum Gasteiger partial charge on any atom is -0.351 e. The molecular formula is C12H23N3O. The van der Waals surface area contributed by atoms with E-state index in [1.807, 2.05) is 6.92 Å². The van der Waals surface area contributed by atoms with E-state index < -0.39 is 0 Å². The molecule has 1 aliphatic heterocycles. The highest BCUT2D eigenvalue weighted by Gasteiger charge is 2.28. The Balaban J connectivity index is 2.52. The molecule has 1 saturated heterocycles. The SMILES string of the molecule is C=CCNC(=O)C(C)N1CCCCC1CN. The largest absolute Gasteiger partial charge is 0.351 e. The standard InChI is InChI=1S/C12H23N3O/c1-3-7-14-12(16)10(2)15-8-5-4-6-11(15)9-13/h3,10-11H,1,4-9,13H2,2H3,(H,14,16). The number of amides is 1. The van der Waals surface area contributed by atoms with Gasteiger partial charge in [0, 0.05) is 19.1 Å². The van der Waals surface area contributed by atoms with Crippen LogP contribution >= 0.6 is 0 Å². The predicted molar refractivity (Wildman–Crippen MR) is 66.1 cm³/mol. The Labute approximate surface area is 97.9 Å². The maximum absolute atomic E-state index is 11.8. The zero-order valence-corrected chi connectivity index (χ0v) is 10.1. The first-order valence-corrected chi connectivity index (χ1v) is 6.05. The van der Waals surface area contributed by atoms with Gasteiger partial charge in [0.25, 0.3) is 0 Å². The lowest BCUT2D eigenvalue weighted by atomic mass is 10.00. The molecule has 0 aliphatic carbocycles. The molecule has 1 rings (SSSR count). The Morgan fingerprint density at radius 1 is 1.69 bits per heavy atom. The molecular weight excluding hydrogens is 202 g/mol. The summed E-state index contributed by atoms with van der Waals surface area (Å²) in [5.41, 5.74) is 5.74. The maximum Gasteiger partial charge on any atom is 0.237 e. The Bertz CT molecular complexity index is 242. The fraction of sp³-hybridized carbons (Fsp3) is 0.750. The summed E-state index contributed by atoms with van der Waals surface area (Å²) in [7, 11) is 0. The molecule has 16 heavy (non-hydrogen) atoms. The van der Waals surface area contributed by atoms with Crippen molar-refractivity contribution in [3.8, 4) is 0 Å². The number of likely N-dealkylation sites (tertiary alicyclic amines) is 1. The Hall–Kier alpha value is -0.870. The summed E-state index contributed by atoms with van der Waals surface area (Å²) in [6.45, 7) is 7.68. The van der Waals surface area contributed by atoms with Gasteiger partial charge in [0.2, 0.25) is 5.91 Å². The van der Waals surface area contributed by atoms with Gasteiger partial charge in [0.15, 0.2) is 0 Å². The fourth-order valence-corrected chi connectivity index (χ4v) is 2.26. The summed E-state index contributed by atoms with van der Waals surface area (Å²) in [5, 5.41) is 2.83. The molecule has 0 aromatic carbocycles. The van der Waals surface area contributed by atoms with Crippen LogP contribution in [0.1, 0.15) is 26.2 Å². The van der Waals surface area contributed by atoms with Crippen LogP contribution in [0.25, 0.3) is 0 Å². The van der Waals surface area contributed by atoms with E-state index in [0.717, 1.165) is 19.4 Å². The molecule has 4 heteroatoms. The van der Waals surface area contributed by atoms with Crippen molar-refractivity contribution >= 4 is 5.91 Å². The molecule has 2 atom stereocenters. The molecule has 3 N–H and O–H groups in total. The van der Waals surface area contributed by atoms with E-state index in [4.69, 9.17) is 5.73 Å². The van der Waals surface area contributed by atoms with E-state index in [1.54, 1.807) is 6.08 Å². The van der Waals surface area contributed by atoms with Gasteiger partial charge in [0.1, 0.15) is 0 Å². The van der Waals surface area contributed by atoms with Gasteiger partial charge in [-0.2, -0.15) is 0 Å². The molecule has 0 saturated carbocycles. The van der Waals surface area contributed by atoms with Crippen LogP contribution in [-0.4, -0.2) is 42.5 Å². The monoisotopic (exact) mass is 225 g/mol. The van der Waals surface area contributed by atoms with Gasteiger partial charge in [-0.1, -0.05) is 12.5 Å². The van der Waals surface area contributed by atoms with Crippen molar-refractivity contribution in [1.29, 1.82) is 0 Å². The van der Waals surface area contributed by atoms with E-state index in [2.05, 4.69) is 16.8 Å². The van der Waals surface area contributed by atoms with Gasteiger partial charge < -0.3 is 11.1 Å². The summed E-state index contributed by atoms with van der Waals surface area (Å²) in [6.07, 6.45) is 5.19. The molecule has 1 heterocycles. The van der Waals surface area contributed by atoms with Crippen LogP contribution in [0.4, 0.5) is 0 Å². The molecule has 2 unspecified atom stereocenters. The van der Waals surface area contributed by atoms with Crippen LogP contribution in [0, 0.1) is 0 Å². The first-order valence-electron chi connectivity index (χ1n) is 6.05. The number of carbonyl (C=O) groups excluding carboxylic acids is 1. The summed E-state index contributed by atoms with van der Waals surface area (Å²) < 4.78 is 0. The smallest absolute Gasteiger partial charge is 0.237 e. The Morgan fingerprint density at radius 3 is 3.06 bits per heavy atom. The van der Waals surface area contributed by atoms with Crippen molar-refractivity contribution in [2.75, 3.05) is 19.6 Å². The minimum atomic E-state index is -0.0891. The zero-order chi connectivity index (χ0) is 12.0. The third kappa shape index (κ3) is 3.32. The number of hydrogen-bond donors (Lipinski definition) is 2. The van der Waals surface area contributed by atoms with Crippen molar-refractivity contribution in [3.05, 3.63) is 12.7 Å². The number of hydrogen-bond acceptors (Lipinski definition) is 3. The Kier molecular flexibility index (Phi) is 5.49. The fourth-order valence-electron chi connectivity index (χ4n) is 2.26. The first-order chi connectivity index (χ1) is 7.70. The average molecular weight is 225 g/mol. The van der Waals surface area contributed by atoms with Crippen LogP contribution in [0.5, 0.6) is 0 Å². The highest BCUT2D eigenvalue weighted by atomic mass is 16.2. The van der Waals surface area contributed by atoms with Crippen molar-refractivity contribution in [3.63, 3.8) is 0 Å². The average Bonchev–Trinajstić information content (AvgIpc) is 2.34. The van der Waals surface area contributed by atoms with Crippen LogP contribution in [-0.2, 0) is 4.79 Å². The second kappa shape index (κ2) is 6.66. The molecule has 0 aromatic heterocycles. The van der Waals surface area contributed by atoms with Crippen molar-refractivity contribution in [2.24, 2.45) is 5.73 Å². The van der Waals surface area contributed by atoms with Gasteiger partial charge in [-0.15, -0.1) is 6.58 Å². The lowest BCUT2D eigenvalue weighted by molar-refractivity contribution is -0.127. The zero-order valence-electron chi connectivity index (χ0n) is 10.1. The van der Waals surface area contributed by atoms with E-state index in [0.29, 0.717) is 19.1 Å².